The van der Waals surface area contributed by atoms with Crippen molar-refractivity contribution in [2.45, 2.75) is 38.1 Å². The van der Waals surface area contributed by atoms with Gasteiger partial charge in [0.15, 0.2) is 0 Å². The number of benzene rings is 2. The number of nitrogen functional groups attached to an aromatic ring is 1. The average molecular weight is 540 g/mol. The third-order valence-electron chi connectivity index (χ3n) is 7.52. The minimum absolute atomic E-state index is 0.229. The summed E-state index contributed by atoms with van der Waals surface area (Å²) in [5, 5.41) is 14.0. The topological polar surface area (TPSA) is 183 Å². The predicted molar refractivity (Wildman–Crippen MR) is 152 cm³/mol. The largest absolute Gasteiger partial charge is 0.397 e. The van der Waals surface area contributed by atoms with Crippen LogP contribution in [0.4, 0.5) is 11.4 Å². The number of imide groups is 1. The number of aromatic nitrogens is 5. The Morgan fingerprint density at radius 3 is 2.27 bits per heavy atom. The van der Waals surface area contributed by atoms with Crippen molar-refractivity contribution in [3.05, 3.63) is 72.6 Å². The summed E-state index contributed by atoms with van der Waals surface area (Å²) in [7, 11) is 0. The molecule has 2 aromatic carbocycles. The Kier molecular flexibility index (Phi) is 8.23. The minimum Gasteiger partial charge on any atom is -0.397 e. The molecule has 1 aliphatic rings. The fourth-order valence-electron chi connectivity index (χ4n) is 5.19. The summed E-state index contributed by atoms with van der Waals surface area (Å²) in [5.74, 6) is -0.0992. The summed E-state index contributed by atoms with van der Waals surface area (Å²) >= 11 is 0. The fraction of sp³-hybridized carbons (Fsp3) is 0.310. The molecule has 5 rings (SSSR count). The van der Waals surface area contributed by atoms with Crippen molar-refractivity contribution in [2.24, 2.45) is 23.3 Å². The van der Waals surface area contributed by atoms with E-state index in [1.807, 2.05) is 30.3 Å². The van der Waals surface area contributed by atoms with Crippen molar-refractivity contribution in [2.75, 3.05) is 17.2 Å². The Morgan fingerprint density at radius 2 is 1.65 bits per heavy atom. The number of aromatic amines is 1. The summed E-state index contributed by atoms with van der Waals surface area (Å²) in [5.41, 5.74) is 22.7. The van der Waals surface area contributed by atoms with E-state index in [9.17, 15) is 9.59 Å². The van der Waals surface area contributed by atoms with Gasteiger partial charge in [0.05, 0.1) is 17.4 Å². The highest BCUT2D eigenvalue weighted by Crippen LogP contribution is 2.32. The molecule has 2 heterocycles. The molecule has 1 fully saturated rings. The number of hydrogen-bond donors (Lipinski definition) is 4. The summed E-state index contributed by atoms with van der Waals surface area (Å²) in [6, 6.07) is 15.6. The quantitative estimate of drug-likeness (QED) is 0.261. The van der Waals surface area contributed by atoms with Crippen LogP contribution < -0.4 is 22.1 Å². The van der Waals surface area contributed by atoms with Gasteiger partial charge in [0.1, 0.15) is 0 Å². The van der Waals surface area contributed by atoms with E-state index in [0.29, 0.717) is 48.1 Å². The minimum atomic E-state index is -0.916. The van der Waals surface area contributed by atoms with Gasteiger partial charge in [-0.15, -0.1) is 10.2 Å². The van der Waals surface area contributed by atoms with Crippen LogP contribution in [0, 0.1) is 11.8 Å². The van der Waals surface area contributed by atoms with E-state index in [4.69, 9.17) is 17.2 Å². The van der Waals surface area contributed by atoms with Crippen LogP contribution >= 0.6 is 0 Å². The molecular weight excluding hydrogens is 506 g/mol. The molecule has 2 amide bonds. The van der Waals surface area contributed by atoms with Crippen molar-refractivity contribution in [1.82, 2.24) is 25.6 Å². The van der Waals surface area contributed by atoms with Crippen LogP contribution in [0.3, 0.4) is 0 Å². The van der Waals surface area contributed by atoms with Crippen LogP contribution in [0.2, 0.25) is 0 Å². The van der Waals surface area contributed by atoms with E-state index in [2.05, 4.69) is 25.6 Å². The number of carbonyl (C=O) groups is 2. The molecule has 11 heteroatoms. The number of amides is 2. The fourth-order valence-corrected chi connectivity index (χ4v) is 5.19. The molecule has 2 aromatic heterocycles. The van der Waals surface area contributed by atoms with Crippen LogP contribution in [0.1, 0.15) is 31.2 Å². The van der Waals surface area contributed by atoms with Crippen molar-refractivity contribution in [3.63, 3.8) is 0 Å². The first-order valence-electron chi connectivity index (χ1n) is 13.4. The molecule has 4 aromatic rings. The van der Waals surface area contributed by atoms with Gasteiger partial charge in [-0.2, -0.15) is 5.21 Å². The summed E-state index contributed by atoms with van der Waals surface area (Å²) in [6.45, 7) is 0.610. The Balaban J connectivity index is 1.35. The Bertz CT molecular complexity index is 1430. The number of H-pyrrole nitrogens is 1. The van der Waals surface area contributed by atoms with Crippen LogP contribution in [-0.2, 0) is 16.0 Å². The molecule has 0 saturated heterocycles. The molecule has 1 aliphatic carbocycles. The molecule has 0 radical (unpaired) electrons. The molecule has 1 atom stereocenters. The van der Waals surface area contributed by atoms with Crippen molar-refractivity contribution in [1.29, 1.82) is 0 Å². The molecule has 7 N–H and O–H groups in total. The molecule has 11 nitrogen and oxygen atoms in total. The number of pyridine rings is 1. The van der Waals surface area contributed by atoms with Gasteiger partial charge in [-0.3, -0.25) is 14.6 Å². The third-order valence-corrected chi connectivity index (χ3v) is 7.52. The molecule has 1 saturated carbocycles. The predicted octanol–water partition coefficient (Wildman–Crippen LogP) is 2.71. The van der Waals surface area contributed by atoms with Gasteiger partial charge in [0.2, 0.25) is 11.7 Å². The highest BCUT2D eigenvalue weighted by Gasteiger charge is 2.35. The van der Waals surface area contributed by atoms with Crippen molar-refractivity contribution >= 4 is 23.2 Å². The van der Waals surface area contributed by atoms with Crippen LogP contribution in [-0.4, -0.2) is 50.0 Å². The highest BCUT2D eigenvalue weighted by atomic mass is 16.2. The van der Waals surface area contributed by atoms with E-state index < -0.39 is 11.9 Å². The van der Waals surface area contributed by atoms with Crippen LogP contribution in [0.25, 0.3) is 22.5 Å². The zero-order chi connectivity index (χ0) is 28.1. The lowest BCUT2D eigenvalue weighted by Gasteiger charge is -2.32. The number of nitrogens with one attached hydrogen (secondary N) is 1. The number of tetrazole rings is 1. The van der Waals surface area contributed by atoms with E-state index in [-0.39, 0.29) is 18.2 Å². The number of hydrogen-bond acceptors (Lipinski definition) is 9. The van der Waals surface area contributed by atoms with Gasteiger partial charge in [0, 0.05) is 29.4 Å². The normalized spacial score (nSPS) is 17.8. The van der Waals surface area contributed by atoms with Crippen LogP contribution in [0.5, 0.6) is 0 Å². The van der Waals surface area contributed by atoms with E-state index in [0.717, 1.165) is 29.5 Å². The van der Waals surface area contributed by atoms with E-state index in [1.165, 1.54) is 4.90 Å². The van der Waals surface area contributed by atoms with Crippen LogP contribution in [0.15, 0.2) is 67.0 Å². The Labute approximate surface area is 232 Å². The second kappa shape index (κ2) is 12.1. The zero-order valence-corrected chi connectivity index (χ0v) is 22.1. The second-order valence-electron chi connectivity index (χ2n) is 10.3. The van der Waals surface area contributed by atoms with Gasteiger partial charge >= 0.3 is 0 Å². The standard InChI is InChI=1S/C29H33N9O2/c30-15-19-3-7-22(8-4-19)28(39)38(25-11-9-21(10-12-25)27-34-36-37-35-27)29(40)26(32)13-18-1-5-20(6-2-18)23-14-24(31)17-33-16-23/h1-2,5-6,9-12,14,16-17,19,22,26H,3-4,7-8,13,15,30-32H2,(H,34,35,36,37)/t19?,22?,26-/m0/s1. The van der Waals surface area contributed by atoms with E-state index in [1.54, 1.807) is 36.7 Å². The van der Waals surface area contributed by atoms with Crippen molar-refractivity contribution < 1.29 is 9.59 Å². The molecule has 206 valence electrons. The highest BCUT2D eigenvalue weighted by molar-refractivity contribution is 6.17. The molecule has 0 aliphatic heterocycles. The average Bonchev–Trinajstić information content (AvgIpc) is 3.53. The molecule has 40 heavy (non-hydrogen) atoms. The lowest BCUT2D eigenvalue weighted by atomic mass is 9.81. The lowest BCUT2D eigenvalue weighted by Crippen LogP contribution is -2.50. The number of anilines is 2. The number of carbonyl (C=O) groups excluding carboxylic acids is 2. The van der Waals surface area contributed by atoms with Gasteiger partial charge < -0.3 is 17.2 Å². The first kappa shape index (κ1) is 27.1. The van der Waals surface area contributed by atoms with Gasteiger partial charge in [0.25, 0.3) is 5.91 Å². The molecule has 0 unspecified atom stereocenters. The zero-order valence-electron chi connectivity index (χ0n) is 22.1. The number of nitrogens with zero attached hydrogens (tertiary/aromatic N) is 5. The van der Waals surface area contributed by atoms with Crippen molar-refractivity contribution in [3.8, 4) is 22.5 Å². The first-order chi connectivity index (χ1) is 19.4. The molecule has 0 bridgehead atoms. The smallest absolute Gasteiger partial charge is 0.251 e. The number of rotatable bonds is 8. The maximum absolute atomic E-state index is 13.8. The Morgan fingerprint density at radius 1 is 0.950 bits per heavy atom. The third kappa shape index (κ3) is 6.05. The molecular formula is C29H33N9O2. The molecule has 0 spiro atoms. The first-order valence-corrected chi connectivity index (χ1v) is 13.4. The Hall–Kier alpha value is -4.48. The SMILES string of the molecule is NCC1CCC(C(=O)N(C(=O)[C@@H](N)Cc2ccc(-c3cncc(N)c3)cc2)c2ccc(-c3nn[nH]n3)cc2)CC1. The lowest BCUT2D eigenvalue weighted by molar-refractivity contribution is -0.130. The van der Waals surface area contributed by atoms with Gasteiger partial charge in [-0.05, 0) is 91.2 Å². The van der Waals surface area contributed by atoms with Gasteiger partial charge in [-0.1, -0.05) is 24.3 Å². The second-order valence-corrected chi connectivity index (χ2v) is 10.3. The summed E-state index contributed by atoms with van der Waals surface area (Å²) in [4.78, 5) is 33.0. The monoisotopic (exact) mass is 539 g/mol. The number of nitrogens with two attached hydrogens (primary N) is 3. The maximum atomic E-state index is 13.8. The maximum Gasteiger partial charge on any atom is 0.251 e. The van der Waals surface area contributed by atoms with Gasteiger partial charge in [-0.25, -0.2) is 4.90 Å². The summed E-state index contributed by atoms with van der Waals surface area (Å²) < 4.78 is 0. The summed E-state index contributed by atoms with van der Waals surface area (Å²) in [6.07, 6.45) is 6.74. The van der Waals surface area contributed by atoms with E-state index >= 15 is 0 Å².